The minimum Gasteiger partial charge on any atom is -0.395 e. The second-order valence-corrected chi connectivity index (χ2v) is 3.05. The Hall–Kier alpha value is -1.06. The molecule has 0 saturated carbocycles. The summed E-state index contributed by atoms with van der Waals surface area (Å²) in [5, 5.41) is 11.9. The van der Waals surface area contributed by atoms with E-state index in [0.29, 0.717) is 6.54 Å². The largest absolute Gasteiger partial charge is 0.395 e. The maximum atomic E-state index is 8.71. The van der Waals surface area contributed by atoms with Crippen LogP contribution in [-0.4, -0.2) is 32.0 Å². The summed E-state index contributed by atoms with van der Waals surface area (Å²) >= 11 is 0. The lowest BCUT2D eigenvalue weighted by Crippen LogP contribution is -2.08. The maximum absolute atomic E-state index is 8.71. The summed E-state index contributed by atoms with van der Waals surface area (Å²) in [6.45, 7) is 1.46. The molecule has 3 heteroatoms. The van der Waals surface area contributed by atoms with E-state index in [1.54, 1.807) is 7.11 Å². The van der Waals surface area contributed by atoms with E-state index in [-0.39, 0.29) is 6.61 Å². The summed E-state index contributed by atoms with van der Waals surface area (Å²) in [5.41, 5.74) is 2.31. The van der Waals surface area contributed by atoms with Crippen LogP contribution in [0.25, 0.3) is 0 Å². The van der Waals surface area contributed by atoms with E-state index in [1.165, 1.54) is 5.56 Å². The van der Waals surface area contributed by atoms with Gasteiger partial charge in [-0.2, -0.15) is 0 Å². The molecule has 0 aliphatic rings. The molecule has 2 N–H and O–H groups in total. The summed E-state index contributed by atoms with van der Waals surface area (Å²) in [7, 11) is 1.70. The number of benzene rings is 1. The van der Waals surface area contributed by atoms with Gasteiger partial charge in [-0.05, 0) is 18.1 Å². The van der Waals surface area contributed by atoms with E-state index in [4.69, 9.17) is 9.84 Å². The molecule has 1 rings (SSSR count). The number of para-hydroxylation sites is 1. The Labute approximate surface area is 84.7 Å². The second kappa shape index (κ2) is 6.40. The lowest BCUT2D eigenvalue weighted by Gasteiger charge is -2.10. The minimum atomic E-state index is 0.151. The highest BCUT2D eigenvalue weighted by atomic mass is 16.5. The van der Waals surface area contributed by atoms with Crippen molar-refractivity contribution >= 4 is 5.69 Å². The fraction of sp³-hybridized carbons (Fsp3) is 0.455. The predicted molar refractivity (Wildman–Crippen MR) is 57.6 cm³/mol. The Morgan fingerprint density at radius 3 is 2.86 bits per heavy atom. The summed E-state index contributed by atoms with van der Waals surface area (Å²) in [6.07, 6.45) is 0.894. The highest BCUT2D eigenvalue weighted by molar-refractivity contribution is 5.51. The first-order chi connectivity index (χ1) is 6.88. The summed E-state index contributed by atoms with van der Waals surface area (Å²) < 4.78 is 5.03. The number of rotatable bonds is 6. The van der Waals surface area contributed by atoms with Gasteiger partial charge < -0.3 is 15.2 Å². The van der Waals surface area contributed by atoms with Crippen LogP contribution < -0.4 is 5.32 Å². The van der Waals surface area contributed by atoms with Gasteiger partial charge in [0.1, 0.15) is 0 Å². The quantitative estimate of drug-likeness (QED) is 0.718. The van der Waals surface area contributed by atoms with E-state index in [1.807, 2.05) is 18.2 Å². The average Bonchev–Trinajstić information content (AvgIpc) is 2.24. The number of aliphatic hydroxyl groups excluding tert-OH is 1. The summed E-state index contributed by atoms with van der Waals surface area (Å²) in [4.78, 5) is 0. The lowest BCUT2D eigenvalue weighted by atomic mass is 10.1. The molecule has 3 nitrogen and oxygen atoms in total. The molecule has 0 radical (unpaired) electrons. The zero-order valence-corrected chi connectivity index (χ0v) is 8.49. The van der Waals surface area contributed by atoms with E-state index >= 15 is 0 Å². The van der Waals surface area contributed by atoms with Crippen molar-refractivity contribution in [2.75, 3.05) is 32.2 Å². The molecule has 0 spiro atoms. The van der Waals surface area contributed by atoms with Gasteiger partial charge in [0.2, 0.25) is 0 Å². The number of hydrogen-bond acceptors (Lipinski definition) is 3. The van der Waals surface area contributed by atoms with Gasteiger partial charge in [0.25, 0.3) is 0 Å². The molecule has 78 valence electrons. The first-order valence-electron chi connectivity index (χ1n) is 4.80. The Morgan fingerprint density at radius 2 is 2.14 bits per heavy atom. The molecule has 14 heavy (non-hydrogen) atoms. The third-order valence-corrected chi connectivity index (χ3v) is 2.02. The number of ether oxygens (including phenoxy) is 1. The molecule has 0 aliphatic heterocycles. The molecule has 0 aromatic heterocycles. The molecule has 0 amide bonds. The Bertz CT molecular complexity index is 236. The van der Waals surface area contributed by atoms with Gasteiger partial charge in [-0.15, -0.1) is 0 Å². The first kappa shape index (κ1) is 11.0. The average molecular weight is 195 g/mol. The zero-order valence-electron chi connectivity index (χ0n) is 8.49. The number of aliphatic hydroxyl groups is 1. The fourth-order valence-corrected chi connectivity index (χ4v) is 1.31. The van der Waals surface area contributed by atoms with E-state index < -0.39 is 0 Å². The molecule has 1 aromatic carbocycles. The zero-order chi connectivity index (χ0) is 10.2. The highest BCUT2D eigenvalue weighted by Gasteiger charge is 1.99. The molecule has 0 atom stereocenters. The van der Waals surface area contributed by atoms with Crippen molar-refractivity contribution in [3.8, 4) is 0 Å². The van der Waals surface area contributed by atoms with Gasteiger partial charge in [0.15, 0.2) is 0 Å². The van der Waals surface area contributed by atoms with E-state index in [2.05, 4.69) is 11.4 Å². The van der Waals surface area contributed by atoms with Crippen LogP contribution in [0.4, 0.5) is 5.69 Å². The molecular weight excluding hydrogens is 178 g/mol. The smallest absolute Gasteiger partial charge is 0.0604 e. The van der Waals surface area contributed by atoms with Crippen molar-refractivity contribution in [2.45, 2.75) is 6.42 Å². The second-order valence-electron chi connectivity index (χ2n) is 3.05. The molecule has 0 aliphatic carbocycles. The summed E-state index contributed by atoms with van der Waals surface area (Å²) in [5.74, 6) is 0. The monoisotopic (exact) mass is 195 g/mol. The maximum Gasteiger partial charge on any atom is 0.0604 e. The third kappa shape index (κ3) is 3.36. The van der Waals surface area contributed by atoms with Crippen molar-refractivity contribution < 1.29 is 9.84 Å². The number of anilines is 1. The van der Waals surface area contributed by atoms with Crippen molar-refractivity contribution in [1.82, 2.24) is 0 Å². The lowest BCUT2D eigenvalue weighted by molar-refractivity contribution is 0.202. The van der Waals surface area contributed by atoms with Crippen molar-refractivity contribution in [1.29, 1.82) is 0 Å². The van der Waals surface area contributed by atoms with Gasteiger partial charge in [0.05, 0.1) is 13.2 Å². The van der Waals surface area contributed by atoms with Crippen LogP contribution in [0.15, 0.2) is 24.3 Å². The molecule has 1 aromatic rings. The first-order valence-corrected chi connectivity index (χ1v) is 4.80. The van der Waals surface area contributed by atoms with E-state index in [0.717, 1.165) is 18.7 Å². The van der Waals surface area contributed by atoms with Crippen molar-refractivity contribution in [3.63, 3.8) is 0 Å². The molecular formula is C11H17NO2. The van der Waals surface area contributed by atoms with E-state index in [9.17, 15) is 0 Å². The fourth-order valence-electron chi connectivity index (χ4n) is 1.31. The van der Waals surface area contributed by atoms with Crippen molar-refractivity contribution in [2.24, 2.45) is 0 Å². The third-order valence-electron chi connectivity index (χ3n) is 2.02. The SMILES string of the molecule is COCCc1ccccc1NCCO. The Kier molecular flexibility index (Phi) is 5.04. The van der Waals surface area contributed by atoms with Gasteiger partial charge >= 0.3 is 0 Å². The van der Waals surface area contributed by atoms with Crippen molar-refractivity contribution in [3.05, 3.63) is 29.8 Å². The number of methoxy groups -OCH3 is 1. The molecule has 0 fully saturated rings. The topological polar surface area (TPSA) is 41.5 Å². The normalized spacial score (nSPS) is 10.1. The van der Waals surface area contributed by atoms with Gasteiger partial charge in [-0.1, -0.05) is 18.2 Å². The van der Waals surface area contributed by atoms with Crippen LogP contribution in [0.5, 0.6) is 0 Å². The van der Waals surface area contributed by atoms with Crippen LogP contribution in [0, 0.1) is 0 Å². The van der Waals surface area contributed by atoms with Crippen LogP contribution in [-0.2, 0) is 11.2 Å². The van der Waals surface area contributed by atoms with Crippen LogP contribution in [0.2, 0.25) is 0 Å². The van der Waals surface area contributed by atoms with Crippen LogP contribution in [0.1, 0.15) is 5.56 Å². The minimum absolute atomic E-state index is 0.151. The Balaban J connectivity index is 2.60. The molecule has 0 unspecified atom stereocenters. The highest BCUT2D eigenvalue weighted by Crippen LogP contribution is 2.14. The summed E-state index contributed by atoms with van der Waals surface area (Å²) in [6, 6.07) is 8.07. The van der Waals surface area contributed by atoms with Gasteiger partial charge in [0, 0.05) is 19.3 Å². The Morgan fingerprint density at radius 1 is 1.36 bits per heavy atom. The standard InChI is InChI=1S/C11H17NO2/c1-14-9-6-10-4-2-3-5-11(10)12-7-8-13/h2-5,12-13H,6-9H2,1H3. The molecule has 0 bridgehead atoms. The predicted octanol–water partition coefficient (Wildman–Crippen LogP) is 1.28. The number of nitrogens with one attached hydrogen (secondary N) is 1. The molecule has 0 heterocycles. The number of hydrogen-bond donors (Lipinski definition) is 2. The van der Waals surface area contributed by atoms with Crippen LogP contribution in [0.3, 0.4) is 0 Å². The van der Waals surface area contributed by atoms with Crippen LogP contribution >= 0.6 is 0 Å². The van der Waals surface area contributed by atoms with Gasteiger partial charge in [-0.25, -0.2) is 0 Å². The van der Waals surface area contributed by atoms with Gasteiger partial charge in [-0.3, -0.25) is 0 Å². The molecule has 0 saturated heterocycles.